The number of halogens is 3. The summed E-state index contributed by atoms with van der Waals surface area (Å²) < 4.78 is 67.7. The second-order valence-corrected chi connectivity index (χ2v) is 15.0. The van der Waals surface area contributed by atoms with Gasteiger partial charge in [-0.2, -0.15) is 31.9 Å². The van der Waals surface area contributed by atoms with Crippen LogP contribution in [0.3, 0.4) is 0 Å². The van der Waals surface area contributed by atoms with E-state index in [1.165, 1.54) is 6.07 Å². The molecule has 0 unspecified atom stereocenters. The Morgan fingerprint density at radius 1 is 0.946 bits per heavy atom. The van der Waals surface area contributed by atoms with Crippen LogP contribution in [0.25, 0.3) is 0 Å². The highest BCUT2D eigenvalue weighted by Gasteiger charge is 2.39. The van der Waals surface area contributed by atoms with E-state index in [9.17, 15) is 40.8 Å². The van der Waals surface area contributed by atoms with Crippen molar-refractivity contribution < 1.29 is 36.3 Å². The number of rotatable bonds is 17. The number of aromatic nitrogens is 2. The lowest BCUT2D eigenvalue weighted by molar-refractivity contribution is -0.144. The van der Waals surface area contributed by atoms with Crippen LogP contribution in [0.5, 0.6) is 0 Å². The number of carbonyl (C=O) groups is 2. The average Bonchev–Trinajstić information content (AvgIpc) is 3.65. The van der Waals surface area contributed by atoms with Crippen molar-refractivity contribution in [1.29, 1.82) is 5.26 Å². The SMILES string of the molecule is C.N#Cc1ccc(CCNC(=O)[C@@H]2CCCN2c2cc(N3CCC(CCNc4c(NCCS(=O)(=O)NCC(=O)O)c(=O)c4=O)CC3)nc(C(F)(F)F)n2)cc1.S. The van der Waals surface area contributed by atoms with Gasteiger partial charge in [-0.1, -0.05) is 19.6 Å². The molecule has 5 N–H and O–H groups in total. The number of hydrogen-bond donors (Lipinski definition) is 5. The number of hydrogen-bond acceptors (Lipinski definition) is 13. The highest BCUT2D eigenvalue weighted by Crippen LogP contribution is 2.34. The van der Waals surface area contributed by atoms with Gasteiger partial charge in [-0.25, -0.2) is 23.1 Å². The molecule has 1 amide bonds. The fraction of sp³-hybridized carbons (Fsp3) is 0.514. The van der Waals surface area contributed by atoms with E-state index in [0.717, 1.165) is 5.56 Å². The number of aliphatic carboxylic acids is 1. The summed E-state index contributed by atoms with van der Waals surface area (Å²) >= 11 is 0. The highest BCUT2D eigenvalue weighted by atomic mass is 32.2. The molecule has 21 heteroatoms. The van der Waals surface area contributed by atoms with E-state index in [1.807, 2.05) is 10.8 Å². The molecule has 5 rings (SSSR count). The summed E-state index contributed by atoms with van der Waals surface area (Å²) in [4.78, 5) is 59.0. The Hall–Kier alpha value is -4.94. The molecule has 0 radical (unpaired) electrons. The van der Waals surface area contributed by atoms with E-state index >= 15 is 0 Å². The van der Waals surface area contributed by atoms with Gasteiger partial charge >= 0.3 is 12.1 Å². The average molecular weight is 826 g/mol. The molecule has 0 bridgehead atoms. The molecule has 2 fully saturated rings. The van der Waals surface area contributed by atoms with Crippen molar-refractivity contribution in [3.05, 3.63) is 67.7 Å². The maximum Gasteiger partial charge on any atom is 0.451 e. The van der Waals surface area contributed by atoms with Crippen LogP contribution in [0, 0.1) is 17.2 Å². The van der Waals surface area contributed by atoms with E-state index in [2.05, 4.69) is 25.9 Å². The van der Waals surface area contributed by atoms with Crippen LogP contribution in [0.1, 0.15) is 56.5 Å². The third-order valence-electron chi connectivity index (χ3n) is 9.42. The summed E-state index contributed by atoms with van der Waals surface area (Å²) in [6, 6.07) is 9.82. The smallest absolute Gasteiger partial charge is 0.451 e. The lowest BCUT2D eigenvalue weighted by atomic mass is 9.93. The lowest BCUT2D eigenvalue weighted by Gasteiger charge is -2.34. The molecule has 2 saturated heterocycles. The lowest BCUT2D eigenvalue weighted by Crippen LogP contribution is -2.44. The fourth-order valence-corrected chi connectivity index (χ4v) is 7.36. The molecule has 0 aliphatic carbocycles. The van der Waals surface area contributed by atoms with Crippen molar-refractivity contribution in [3.63, 3.8) is 0 Å². The van der Waals surface area contributed by atoms with Crippen LogP contribution in [0.4, 0.5) is 36.2 Å². The first-order chi connectivity index (χ1) is 25.6. The largest absolute Gasteiger partial charge is 0.480 e. The molecule has 16 nitrogen and oxygen atoms in total. The predicted octanol–water partition coefficient (Wildman–Crippen LogP) is 2.17. The van der Waals surface area contributed by atoms with Gasteiger partial charge in [0.2, 0.25) is 21.8 Å². The first kappa shape index (κ1) is 45.4. The minimum atomic E-state index is -4.82. The Balaban J connectivity index is 0.00000420. The second-order valence-electron chi connectivity index (χ2n) is 13.1. The summed E-state index contributed by atoms with van der Waals surface area (Å²) in [6.07, 6.45) is -1.46. The van der Waals surface area contributed by atoms with Gasteiger partial charge in [0.1, 0.15) is 35.6 Å². The molecule has 56 heavy (non-hydrogen) atoms. The maximum absolute atomic E-state index is 14.0. The Labute approximate surface area is 329 Å². The Morgan fingerprint density at radius 2 is 1.57 bits per heavy atom. The Kier molecular flexibility index (Phi) is 16.0. The standard InChI is InChI=1S/C34H40F3N9O7S.CH4.H2S/c35-34(36,37)33-43-25(18-26(44-33)46-14-1-2-24(46)32(51)41-12-8-21-3-5-23(19-38)6-4-21)45-15-9-22(10-16-45)7-11-39-28-29(31(50)30(28)49)40-13-17-54(52,53)42-20-27(47)48;;/h3-6,18,22,24,39-40,42H,1-2,7-17,20H2,(H,41,51)(H,47,48);1H4;1H2/t24-;;/m0../s1. The normalized spacial score (nSPS) is 16.1. The summed E-state index contributed by atoms with van der Waals surface area (Å²) in [5, 5.41) is 26.0. The Bertz CT molecular complexity index is 2050. The number of carbonyl (C=O) groups excluding carboxylic acids is 1. The van der Waals surface area contributed by atoms with Crippen molar-refractivity contribution >= 4 is 58.4 Å². The molecule has 0 spiro atoms. The number of nitrogens with zero attached hydrogens (tertiary/aromatic N) is 5. The summed E-state index contributed by atoms with van der Waals surface area (Å²) in [5.41, 5.74) is -0.122. The van der Waals surface area contributed by atoms with Crippen LogP contribution in [0.15, 0.2) is 39.9 Å². The van der Waals surface area contributed by atoms with E-state index in [0.29, 0.717) is 76.8 Å². The minimum Gasteiger partial charge on any atom is -0.480 e. The van der Waals surface area contributed by atoms with Gasteiger partial charge in [-0.15, -0.1) is 0 Å². The summed E-state index contributed by atoms with van der Waals surface area (Å²) in [7, 11) is -3.92. The summed E-state index contributed by atoms with van der Waals surface area (Å²) in [5.74, 6) is -3.21. The number of carboxylic acids is 1. The number of carboxylic acid groups (broad SMARTS) is 1. The van der Waals surface area contributed by atoms with Gasteiger partial charge in [0.15, 0.2) is 0 Å². The third-order valence-corrected chi connectivity index (χ3v) is 10.7. The van der Waals surface area contributed by atoms with Crippen LogP contribution in [0.2, 0.25) is 0 Å². The quantitative estimate of drug-likeness (QED) is 0.123. The first-order valence-corrected chi connectivity index (χ1v) is 19.0. The van der Waals surface area contributed by atoms with Crippen LogP contribution in [-0.4, -0.2) is 93.0 Å². The number of alkyl halides is 3. The van der Waals surface area contributed by atoms with Crippen LogP contribution < -0.4 is 41.3 Å². The van der Waals surface area contributed by atoms with Gasteiger partial charge in [-0.05, 0) is 62.1 Å². The van der Waals surface area contributed by atoms with Crippen molar-refractivity contribution in [3.8, 4) is 6.07 Å². The van der Waals surface area contributed by atoms with Crippen molar-refractivity contribution in [2.45, 2.75) is 58.2 Å². The number of nitriles is 1. The van der Waals surface area contributed by atoms with Crippen molar-refractivity contribution in [2.24, 2.45) is 5.92 Å². The van der Waals surface area contributed by atoms with Crippen molar-refractivity contribution in [2.75, 3.05) is 72.0 Å². The molecule has 2 aromatic carbocycles. The minimum absolute atomic E-state index is 0. The number of benzene rings is 1. The highest BCUT2D eigenvalue weighted by molar-refractivity contribution is 7.89. The molecule has 1 aromatic heterocycles. The van der Waals surface area contributed by atoms with Gasteiger partial charge in [0.05, 0.1) is 17.4 Å². The number of piperidine rings is 1. The second kappa shape index (κ2) is 19.8. The molecule has 1 atom stereocenters. The topological polar surface area (TPSA) is 227 Å². The maximum atomic E-state index is 14.0. The van der Waals surface area contributed by atoms with Gasteiger partial charge in [0.25, 0.3) is 10.9 Å². The van der Waals surface area contributed by atoms with E-state index < -0.39 is 57.2 Å². The molecule has 3 heterocycles. The molecule has 306 valence electrons. The number of amides is 1. The zero-order valence-corrected chi connectivity index (χ0v) is 31.4. The van der Waals surface area contributed by atoms with Crippen molar-refractivity contribution in [1.82, 2.24) is 20.0 Å². The zero-order valence-electron chi connectivity index (χ0n) is 29.6. The first-order valence-electron chi connectivity index (χ1n) is 17.4. The van der Waals surface area contributed by atoms with E-state index in [1.54, 1.807) is 34.1 Å². The van der Waals surface area contributed by atoms with Gasteiger partial charge < -0.3 is 30.9 Å². The fourth-order valence-electron chi connectivity index (χ4n) is 6.50. The molecule has 2 aliphatic heterocycles. The Morgan fingerprint density at radius 3 is 2.18 bits per heavy atom. The molecular formula is C35H46F3N9O7S2. The zero-order chi connectivity index (χ0) is 39.0. The molecule has 0 saturated carbocycles. The molecule has 2 aliphatic rings. The van der Waals surface area contributed by atoms with Gasteiger partial charge in [-0.3, -0.25) is 19.2 Å². The third kappa shape index (κ3) is 11.8. The number of sulfonamides is 1. The number of anilines is 4. The summed E-state index contributed by atoms with van der Waals surface area (Å²) in [6.45, 7) is 0.747. The van der Waals surface area contributed by atoms with Crippen LogP contribution in [-0.2, 0) is 32.2 Å². The van der Waals surface area contributed by atoms with Gasteiger partial charge in [0, 0.05) is 45.3 Å². The number of nitrogens with one attached hydrogen (secondary N) is 4. The predicted molar refractivity (Wildman–Crippen MR) is 210 cm³/mol. The monoisotopic (exact) mass is 825 g/mol. The van der Waals surface area contributed by atoms with Crippen LogP contribution >= 0.6 is 13.5 Å². The van der Waals surface area contributed by atoms with E-state index in [-0.39, 0.29) is 62.3 Å². The molecule has 3 aromatic rings. The molecular weight excluding hydrogens is 780 g/mol. The van der Waals surface area contributed by atoms with E-state index in [4.69, 9.17) is 10.4 Å².